The van der Waals surface area contributed by atoms with E-state index in [2.05, 4.69) is 5.32 Å². The molecule has 4 heteroatoms. The van der Waals surface area contributed by atoms with E-state index >= 15 is 0 Å². The van der Waals surface area contributed by atoms with Crippen LogP contribution in [0.5, 0.6) is 11.5 Å². The zero-order chi connectivity index (χ0) is 11.8. The Morgan fingerprint density at radius 1 is 1.12 bits per heavy atom. The van der Waals surface area contributed by atoms with Gasteiger partial charge in [-0.1, -0.05) is 0 Å². The van der Waals surface area contributed by atoms with Gasteiger partial charge in [-0.2, -0.15) is 0 Å². The molecule has 0 heterocycles. The maximum Gasteiger partial charge on any atom is 0.257 e. The summed E-state index contributed by atoms with van der Waals surface area (Å²) in [6, 6.07) is 7.20. The monoisotopic (exact) mass is 223 g/mol. The molecular weight excluding hydrogens is 206 g/mol. The van der Waals surface area contributed by atoms with E-state index in [0.29, 0.717) is 18.9 Å². The Balaban J connectivity index is 2.40. The summed E-state index contributed by atoms with van der Waals surface area (Å²) < 4.78 is 10.6. The number of benzene rings is 1. The molecule has 1 amide bonds. The van der Waals surface area contributed by atoms with Gasteiger partial charge in [-0.15, -0.1) is 0 Å². The molecule has 88 valence electrons. The lowest BCUT2D eigenvalue weighted by Crippen LogP contribution is -2.28. The van der Waals surface area contributed by atoms with Crippen molar-refractivity contribution in [3.8, 4) is 11.5 Å². The van der Waals surface area contributed by atoms with Crippen LogP contribution in [0.4, 0.5) is 0 Å². The molecule has 1 aromatic carbocycles. The highest BCUT2D eigenvalue weighted by atomic mass is 16.5. The second kappa shape index (κ2) is 6.71. The number of hydrogen-bond acceptors (Lipinski definition) is 3. The van der Waals surface area contributed by atoms with Gasteiger partial charge in [0.15, 0.2) is 6.61 Å². The van der Waals surface area contributed by atoms with E-state index < -0.39 is 0 Å². The van der Waals surface area contributed by atoms with Gasteiger partial charge in [0.25, 0.3) is 5.91 Å². The number of rotatable bonds is 6. The Labute approximate surface area is 95.6 Å². The molecule has 0 saturated heterocycles. The molecule has 1 N–H and O–H groups in total. The van der Waals surface area contributed by atoms with Gasteiger partial charge in [-0.05, 0) is 38.1 Å². The molecule has 0 spiro atoms. The van der Waals surface area contributed by atoms with Gasteiger partial charge < -0.3 is 14.8 Å². The normalized spacial score (nSPS) is 9.62. The summed E-state index contributed by atoms with van der Waals surface area (Å²) in [5.74, 6) is 1.35. The molecule has 1 aromatic rings. The summed E-state index contributed by atoms with van der Waals surface area (Å²) in [5.41, 5.74) is 0. The molecule has 0 unspecified atom stereocenters. The predicted octanol–water partition coefficient (Wildman–Crippen LogP) is 1.60. The third-order valence-corrected chi connectivity index (χ3v) is 1.88. The van der Waals surface area contributed by atoms with Crippen molar-refractivity contribution in [3.63, 3.8) is 0 Å². The van der Waals surface area contributed by atoms with Gasteiger partial charge in [0.2, 0.25) is 0 Å². The maximum absolute atomic E-state index is 11.1. The molecular formula is C12H17NO3. The van der Waals surface area contributed by atoms with Crippen molar-refractivity contribution < 1.29 is 14.3 Å². The van der Waals surface area contributed by atoms with Gasteiger partial charge >= 0.3 is 0 Å². The molecule has 0 saturated carbocycles. The molecule has 0 aromatic heterocycles. The zero-order valence-corrected chi connectivity index (χ0v) is 9.66. The SMILES string of the molecule is CCNC(=O)COc1ccc(OCC)cc1. The van der Waals surface area contributed by atoms with Crippen molar-refractivity contribution in [2.75, 3.05) is 19.8 Å². The summed E-state index contributed by atoms with van der Waals surface area (Å²) >= 11 is 0. The molecule has 0 radical (unpaired) electrons. The van der Waals surface area contributed by atoms with Gasteiger partial charge in [0.05, 0.1) is 6.61 Å². The first-order valence-corrected chi connectivity index (χ1v) is 5.38. The van der Waals surface area contributed by atoms with Crippen molar-refractivity contribution in [2.24, 2.45) is 0 Å². The van der Waals surface area contributed by atoms with Crippen molar-refractivity contribution in [3.05, 3.63) is 24.3 Å². The Morgan fingerprint density at radius 2 is 1.69 bits per heavy atom. The third-order valence-electron chi connectivity index (χ3n) is 1.88. The summed E-state index contributed by atoms with van der Waals surface area (Å²) in [6.45, 7) is 5.10. The number of likely N-dealkylation sites (N-methyl/N-ethyl adjacent to an activating group) is 1. The topological polar surface area (TPSA) is 47.6 Å². The Hall–Kier alpha value is -1.71. The van der Waals surface area contributed by atoms with Crippen LogP contribution in [-0.4, -0.2) is 25.7 Å². The van der Waals surface area contributed by atoms with Gasteiger partial charge in [0, 0.05) is 6.54 Å². The number of amides is 1. The molecule has 0 aliphatic carbocycles. The number of carbonyl (C=O) groups excluding carboxylic acids is 1. The summed E-state index contributed by atoms with van der Waals surface area (Å²) in [4.78, 5) is 11.1. The second-order valence-electron chi connectivity index (χ2n) is 3.15. The van der Waals surface area contributed by atoms with Crippen LogP contribution in [0.3, 0.4) is 0 Å². The lowest BCUT2D eigenvalue weighted by atomic mass is 10.3. The Bertz CT molecular complexity index is 322. The number of ether oxygens (including phenoxy) is 2. The molecule has 0 aliphatic rings. The van der Waals surface area contributed by atoms with E-state index in [1.807, 2.05) is 26.0 Å². The first kappa shape index (κ1) is 12.4. The Morgan fingerprint density at radius 3 is 2.19 bits per heavy atom. The second-order valence-corrected chi connectivity index (χ2v) is 3.15. The maximum atomic E-state index is 11.1. The van der Waals surface area contributed by atoms with E-state index in [1.165, 1.54) is 0 Å². The first-order chi connectivity index (χ1) is 7.76. The van der Waals surface area contributed by atoms with Crippen LogP contribution in [0, 0.1) is 0 Å². The van der Waals surface area contributed by atoms with E-state index in [1.54, 1.807) is 12.1 Å². The fourth-order valence-electron chi connectivity index (χ4n) is 1.20. The minimum atomic E-state index is -0.114. The first-order valence-electron chi connectivity index (χ1n) is 5.38. The summed E-state index contributed by atoms with van der Waals surface area (Å²) in [5, 5.41) is 2.66. The summed E-state index contributed by atoms with van der Waals surface area (Å²) in [7, 11) is 0. The van der Waals surface area contributed by atoms with Crippen LogP contribution >= 0.6 is 0 Å². The van der Waals surface area contributed by atoms with Crippen molar-refractivity contribution in [1.29, 1.82) is 0 Å². The van der Waals surface area contributed by atoms with Crippen LogP contribution in [0.25, 0.3) is 0 Å². The van der Waals surface area contributed by atoms with Crippen LogP contribution < -0.4 is 14.8 Å². The van der Waals surface area contributed by atoms with Crippen LogP contribution in [0.2, 0.25) is 0 Å². The van der Waals surface area contributed by atoms with Crippen LogP contribution in [-0.2, 0) is 4.79 Å². The third kappa shape index (κ3) is 4.21. The smallest absolute Gasteiger partial charge is 0.257 e. The number of nitrogens with one attached hydrogen (secondary N) is 1. The average molecular weight is 223 g/mol. The largest absolute Gasteiger partial charge is 0.494 e. The fourth-order valence-corrected chi connectivity index (χ4v) is 1.20. The van der Waals surface area contributed by atoms with E-state index in [9.17, 15) is 4.79 Å². The quantitative estimate of drug-likeness (QED) is 0.796. The molecule has 1 rings (SSSR count). The van der Waals surface area contributed by atoms with Gasteiger partial charge in [-0.25, -0.2) is 0 Å². The number of carbonyl (C=O) groups is 1. The minimum absolute atomic E-state index is 0.0435. The lowest BCUT2D eigenvalue weighted by Gasteiger charge is -2.07. The predicted molar refractivity (Wildman–Crippen MR) is 61.8 cm³/mol. The average Bonchev–Trinajstić information content (AvgIpc) is 2.29. The van der Waals surface area contributed by atoms with Crippen LogP contribution in [0.1, 0.15) is 13.8 Å². The van der Waals surface area contributed by atoms with Gasteiger partial charge in [0.1, 0.15) is 11.5 Å². The minimum Gasteiger partial charge on any atom is -0.494 e. The summed E-state index contributed by atoms with van der Waals surface area (Å²) in [6.07, 6.45) is 0. The van der Waals surface area contributed by atoms with Crippen LogP contribution in [0.15, 0.2) is 24.3 Å². The van der Waals surface area contributed by atoms with Crippen molar-refractivity contribution in [1.82, 2.24) is 5.32 Å². The molecule has 0 bridgehead atoms. The highest BCUT2D eigenvalue weighted by Gasteiger charge is 2.00. The molecule has 0 aliphatic heterocycles. The highest BCUT2D eigenvalue weighted by molar-refractivity contribution is 5.77. The molecule has 4 nitrogen and oxygen atoms in total. The molecule has 0 atom stereocenters. The van der Waals surface area contributed by atoms with Crippen molar-refractivity contribution >= 4 is 5.91 Å². The van der Waals surface area contributed by atoms with E-state index in [-0.39, 0.29) is 12.5 Å². The standard InChI is InChI=1S/C12H17NO3/c1-3-13-12(14)9-16-11-7-5-10(6-8-11)15-4-2/h5-8H,3-4,9H2,1-2H3,(H,13,14). The zero-order valence-electron chi connectivity index (χ0n) is 9.66. The highest BCUT2D eigenvalue weighted by Crippen LogP contribution is 2.17. The molecule has 0 fully saturated rings. The van der Waals surface area contributed by atoms with Gasteiger partial charge in [-0.3, -0.25) is 4.79 Å². The Kier molecular flexibility index (Phi) is 5.19. The fraction of sp³-hybridized carbons (Fsp3) is 0.417. The molecule has 16 heavy (non-hydrogen) atoms. The van der Waals surface area contributed by atoms with Crippen molar-refractivity contribution in [2.45, 2.75) is 13.8 Å². The van der Waals surface area contributed by atoms with E-state index in [0.717, 1.165) is 5.75 Å². The van der Waals surface area contributed by atoms with E-state index in [4.69, 9.17) is 9.47 Å². The lowest BCUT2D eigenvalue weighted by molar-refractivity contribution is -0.122. The number of hydrogen-bond donors (Lipinski definition) is 1.